The van der Waals surface area contributed by atoms with E-state index in [0.29, 0.717) is 17.8 Å². The molecule has 0 aliphatic rings. The molecule has 1 rings (SSSR count). The molecule has 6 heteroatoms. The van der Waals surface area contributed by atoms with Gasteiger partial charge in [0, 0.05) is 13.0 Å². The summed E-state index contributed by atoms with van der Waals surface area (Å²) in [5.41, 5.74) is 1.03. The summed E-state index contributed by atoms with van der Waals surface area (Å²) in [6.45, 7) is 2.31. The maximum atomic E-state index is 11.6. The normalized spacial score (nSPS) is 10.1. The molecule has 0 aliphatic carbocycles. The van der Waals surface area contributed by atoms with Crippen molar-refractivity contribution in [3.05, 3.63) is 20.3 Å². The monoisotopic (exact) mass is 305 g/mol. The van der Waals surface area contributed by atoms with E-state index in [4.69, 9.17) is 5.11 Å². The van der Waals surface area contributed by atoms with Gasteiger partial charge in [0.2, 0.25) is 0 Å². The Kier molecular flexibility index (Phi) is 4.95. The standard InChI is InChI=1S/C10H12BrNO3S/c1-6-5-7(16-9(6)11)10(15)12-4-2-3-8(13)14/h5H,2-4H2,1H3,(H,12,15)(H,13,14). The summed E-state index contributed by atoms with van der Waals surface area (Å²) in [7, 11) is 0. The van der Waals surface area contributed by atoms with E-state index < -0.39 is 5.97 Å². The van der Waals surface area contributed by atoms with Crippen molar-refractivity contribution in [3.8, 4) is 0 Å². The Morgan fingerprint density at radius 1 is 1.56 bits per heavy atom. The molecule has 0 unspecified atom stereocenters. The van der Waals surface area contributed by atoms with Gasteiger partial charge in [0.15, 0.2) is 0 Å². The Balaban J connectivity index is 2.38. The number of hydrogen-bond acceptors (Lipinski definition) is 3. The van der Waals surface area contributed by atoms with Gasteiger partial charge in [-0.1, -0.05) is 0 Å². The second-order valence-corrected chi connectivity index (χ2v) is 5.69. The summed E-state index contributed by atoms with van der Waals surface area (Å²) >= 11 is 4.72. The van der Waals surface area contributed by atoms with E-state index >= 15 is 0 Å². The van der Waals surface area contributed by atoms with E-state index in [1.54, 1.807) is 6.07 Å². The van der Waals surface area contributed by atoms with Crippen LogP contribution in [0.4, 0.5) is 0 Å². The van der Waals surface area contributed by atoms with Crippen LogP contribution in [0.5, 0.6) is 0 Å². The molecule has 1 heterocycles. The summed E-state index contributed by atoms with van der Waals surface area (Å²) in [6, 6.07) is 1.81. The molecule has 1 amide bonds. The number of thiophene rings is 1. The van der Waals surface area contributed by atoms with Gasteiger partial charge in [-0.25, -0.2) is 0 Å². The van der Waals surface area contributed by atoms with Gasteiger partial charge in [-0.15, -0.1) is 11.3 Å². The van der Waals surface area contributed by atoms with E-state index in [1.807, 2.05) is 6.92 Å². The lowest BCUT2D eigenvalue weighted by molar-refractivity contribution is -0.137. The molecule has 0 radical (unpaired) electrons. The number of aliphatic carboxylic acids is 1. The van der Waals surface area contributed by atoms with Crippen molar-refractivity contribution < 1.29 is 14.7 Å². The van der Waals surface area contributed by atoms with Crippen molar-refractivity contribution in [2.45, 2.75) is 19.8 Å². The molecule has 88 valence electrons. The number of rotatable bonds is 5. The Labute approximate surface area is 106 Å². The van der Waals surface area contributed by atoms with E-state index in [2.05, 4.69) is 21.2 Å². The molecule has 0 saturated heterocycles. The number of carboxylic acids is 1. The van der Waals surface area contributed by atoms with Crippen LogP contribution in [0.25, 0.3) is 0 Å². The second kappa shape index (κ2) is 6.00. The predicted molar refractivity (Wildman–Crippen MR) is 66.0 cm³/mol. The van der Waals surface area contributed by atoms with Crippen LogP contribution < -0.4 is 5.32 Å². The number of carboxylic acid groups (broad SMARTS) is 1. The number of hydrogen-bond donors (Lipinski definition) is 2. The quantitative estimate of drug-likeness (QED) is 0.821. The van der Waals surface area contributed by atoms with Crippen molar-refractivity contribution in [2.24, 2.45) is 0 Å². The summed E-state index contributed by atoms with van der Waals surface area (Å²) < 4.78 is 0.947. The third kappa shape index (κ3) is 3.94. The average Bonchev–Trinajstić information content (AvgIpc) is 2.54. The fraction of sp³-hybridized carbons (Fsp3) is 0.400. The zero-order chi connectivity index (χ0) is 12.1. The summed E-state index contributed by atoms with van der Waals surface area (Å²) in [4.78, 5) is 22.5. The van der Waals surface area contributed by atoms with Gasteiger partial charge < -0.3 is 10.4 Å². The van der Waals surface area contributed by atoms with Gasteiger partial charge in [-0.05, 0) is 40.9 Å². The van der Waals surface area contributed by atoms with Crippen molar-refractivity contribution in [1.29, 1.82) is 0 Å². The third-order valence-corrected chi connectivity index (χ3v) is 4.07. The number of nitrogens with one attached hydrogen (secondary N) is 1. The zero-order valence-electron chi connectivity index (χ0n) is 8.75. The smallest absolute Gasteiger partial charge is 0.303 e. The maximum Gasteiger partial charge on any atom is 0.303 e. The van der Waals surface area contributed by atoms with E-state index in [-0.39, 0.29) is 12.3 Å². The van der Waals surface area contributed by atoms with Crippen molar-refractivity contribution in [3.63, 3.8) is 0 Å². The van der Waals surface area contributed by atoms with Gasteiger partial charge in [-0.3, -0.25) is 9.59 Å². The molecule has 0 aromatic carbocycles. The number of halogens is 1. The highest BCUT2D eigenvalue weighted by molar-refractivity contribution is 9.11. The number of amides is 1. The molecule has 0 spiro atoms. The number of aryl methyl sites for hydroxylation is 1. The van der Waals surface area contributed by atoms with Crippen LogP contribution in [0.2, 0.25) is 0 Å². The lowest BCUT2D eigenvalue weighted by atomic mass is 10.3. The van der Waals surface area contributed by atoms with E-state index in [9.17, 15) is 9.59 Å². The largest absolute Gasteiger partial charge is 0.481 e. The van der Waals surface area contributed by atoms with E-state index in [0.717, 1.165) is 9.35 Å². The highest BCUT2D eigenvalue weighted by atomic mass is 79.9. The molecular formula is C10H12BrNO3S. The van der Waals surface area contributed by atoms with Crippen LogP contribution in [-0.4, -0.2) is 23.5 Å². The van der Waals surface area contributed by atoms with E-state index in [1.165, 1.54) is 11.3 Å². The Morgan fingerprint density at radius 3 is 2.75 bits per heavy atom. The molecule has 0 bridgehead atoms. The maximum absolute atomic E-state index is 11.6. The lowest BCUT2D eigenvalue weighted by Gasteiger charge is -2.01. The van der Waals surface area contributed by atoms with Crippen molar-refractivity contribution >= 4 is 39.1 Å². The molecule has 0 aliphatic heterocycles. The van der Waals surface area contributed by atoms with Crippen molar-refractivity contribution in [1.82, 2.24) is 5.32 Å². The SMILES string of the molecule is Cc1cc(C(=O)NCCCC(=O)O)sc1Br. The highest BCUT2D eigenvalue weighted by Gasteiger charge is 2.10. The highest BCUT2D eigenvalue weighted by Crippen LogP contribution is 2.27. The van der Waals surface area contributed by atoms with Gasteiger partial charge in [0.25, 0.3) is 5.91 Å². The average molecular weight is 306 g/mol. The summed E-state index contributed by atoms with van der Waals surface area (Å²) in [5.74, 6) is -0.992. The molecular weight excluding hydrogens is 294 g/mol. The van der Waals surface area contributed by atoms with Crippen molar-refractivity contribution in [2.75, 3.05) is 6.54 Å². The van der Waals surface area contributed by atoms with Gasteiger partial charge in [0.1, 0.15) is 0 Å². The second-order valence-electron chi connectivity index (χ2n) is 3.32. The Morgan fingerprint density at radius 2 is 2.25 bits per heavy atom. The van der Waals surface area contributed by atoms with Crippen LogP contribution >= 0.6 is 27.3 Å². The minimum atomic E-state index is -0.844. The lowest BCUT2D eigenvalue weighted by Crippen LogP contribution is -2.23. The molecule has 4 nitrogen and oxygen atoms in total. The first kappa shape index (κ1) is 13.2. The molecule has 16 heavy (non-hydrogen) atoms. The minimum Gasteiger partial charge on any atom is -0.481 e. The summed E-state index contributed by atoms with van der Waals surface area (Å²) in [6.07, 6.45) is 0.528. The molecule has 0 fully saturated rings. The molecule has 0 saturated carbocycles. The first-order valence-electron chi connectivity index (χ1n) is 4.76. The van der Waals surface area contributed by atoms with Crippen LogP contribution in [0.15, 0.2) is 9.85 Å². The first-order chi connectivity index (χ1) is 7.50. The minimum absolute atomic E-state index is 0.0768. The Hall–Kier alpha value is -0.880. The molecule has 1 aromatic heterocycles. The third-order valence-electron chi connectivity index (χ3n) is 1.93. The fourth-order valence-electron chi connectivity index (χ4n) is 1.10. The van der Waals surface area contributed by atoms with Crippen LogP contribution in [0, 0.1) is 6.92 Å². The fourth-order valence-corrected chi connectivity index (χ4v) is 2.55. The van der Waals surface area contributed by atoms with Gasteiger partial charge >= 0.3 is 5.97 Å². The number of carbonyl (C=O) groups is 2. The molecule has 2 N–H and O–H groups in total. The van der Waals surface area contributed by atoms with Gasteiger partial charge in [-0.2, -0.15) is 0 Å². The van der Waals surface area contributed by atoms with Crippen LogP contribution in [0.3, 0.4) is 0 Å². The first-order valence-corrected chi connectivity index (χ1v) is 6.37. The zero-order valence-corrected chi connectivity index (χ0v) is 11.2. The Bertz CT molecular complexity index is 383. The number of carbonyl (C=O) groups excluding carboxylic acids is 1. The van der Waals surface area contributed by atoms with Gasteiger partial charge in [0.05, 0.1) is 8.66 Å². The summed E-state index contributed by atoms with van der Waals surface area (Å²) in [5, 5.41) is 11.1. The predicted octanol–water partition coefficient (Wildman–Crippen LogP) is 2.41. The van der Waals surface area contributed by atoms with Crippen LogP contribution in [0.1, 0.15) is 28.1 Å². The molecule has 1 aromatic rings. The molecule has 0 atom stereocenters. The van der Waals surface area contributed by atoms with Crippen LogP contribution in [-0.2, 0) is 4.79 Å². The topological polar surface area (TPSA) is 66.4 Å².